The summed E-state index contributed by atoms with van der Waals surface area (Å²) < 4.78 is 5.55. The molecule has 0 radical (unpaired) electrons. The van der Waals surface area contributed by atoms with E-state index in [9.17, 15) is 0 Å². The van der Waals surface area contributed by atoms with E-state index in [1.54, 1.807) is 0 Å². The van der Waals surface area contributed by atoms with E-state index in [-0.39, 0.29) is 0 Å². The first-order valence-electron chi connectivity index (χ1n) is 10.9. The van der Waals surface area contributed by atoms with Crippen LogP contribution in [0.1, 0.15) is 90.4 Å². The molecule has 0 bridgehead atoms. The van der Waals surface area contributed by atoms with E-state index in [1.165, 1.54) is 83.5 Å². The van der Waals surface area contributed by atoms with Crippen LogP contribution < -0.4 is 0 Å². The van der Waals surface area contributed by atoms with Crippen molar-refractivity contribution >= 4 is 0 Å². The summed E-state index contributed by atoms with van der Waals surface area (Å²) in [5.41, 5.74) is 0. The number of methoxy groups -OCH3 is 1. The maximum atomic E-state index is 5.55. The maximum absolute atomic E-state index is 5.55. The summed E-state index contributed by atoms with van der Waals surface area (Å²) in [7, 11) is 4.30. The number of hydrogen-bond donors (Lipinski definition) is 0. The van der Waals surface area contributed by atoms with Crippen molar-refractivity contribution < 1.29 is 4.74 Å². The molecule has 0 spiro atoms. The monoisotopic (exact) mass is 335 g/mol. The average Bonchev–Trinajstić information content (AvgIpc) is 2.68. The summed E-state index contributed by atoms with van der Waals surface area (Å²) in [5, 5.41) is 0. The number of nitrogens with zero attached hydrogens (tertiary/aromatic N) is 1. The number of rotatable bonds is 5. The van der Waals surface area contributed by atoms with Gasteiger partial charge >= 0.3 is 0 Å². The molecule has 0 saturated heterocycles. The van der Waals surface area contributed by atoms with Crippen molar-refractivity contribution in [2.24, 2.45) is 17.8 Å². The molecule has 0 aromatic carbocycles. The van der Waals surface area contributed by atoms with Crippen LogP contribution in [-0.4, -0.2) is 37.2 Å². The smallest absolute Gasteiger partial charge is 0.0571 e. The van der Waals surface area contributed by atoms with E-state index >= 15 is 0 Å². The second-order valence-electron chi connectivity index (χ2n) is 9.15. The first kappa shape index (κ1) is 18.7. The predicted octanol–water partition coefficient (Wildman–Crippen LogP) is 5.65. The van der Waals surface area contributed by atoms with Crippen molar-refractivity contribution in [1.29, 1.82) is 0 Å². The zero-order chi connectivity index (χ0) is 16.9. The van der Waals surface area contributed by atoms with Crippen LogP contribution in [0.3, 0.4) is 0 Å². The standard InChI is InChI=1S/C22H41NO/c1-17(18-11-15-22(24-3)16-12-18)23(2)21-13-9-20(10-14-21)19-7-5-4-6-8-19/h17-22H,4-16H2,1-3H3. The van der Waals surface area contributed by atoms with Crippen molar-refractivity contribution in [3.8, 4) is 0 Å². The lowest BCUT2D eigenvalue weighted by molar-refractivity contribution is 0.0245. The molecule has 3 fully saturated rings. The van der Waals surface area contributed by atoms with Crippen LogP contribution in [0, 0.1) is 17.8 Å². The van der Waals surface area contributed by atoms with Gasteiger partial charge in [-0.2, -0.15) is 0 Å². The molecular formula is C22H41NO. The zero-order valence-corrected chi connectivity index (χ0v) is 16.5. The van der Waals surface area contributed by atoms with Gasteiger partial charge in [0.25, 0.3) is 0 Å². The molecule has 140 valence electrons. The minimum absolute atomic E-state index is 0.532. The SMILES string of the molecule is COC1CCC(C(C)N(C)C2CCC(C3CCCCC3)CC2)CC1. The van der Waals surface area contributed by atoms with Crippen molar-refractivity contribution in [2.45, 2.75) is 109 Å². The van der Waals surface area contributed by atoms with Gasteiger partial charge in [0.15, 0.2) is 0 Å². The molecule has 3 rings (SSSR count). The molecule has 3 aliphatic rings. The van der Waals surface area contributed by atoms with Crippen molar-refractivity contribution in [3.05, 3.63) is 0 Å². The molecule has 2 heteroatoms. The summed E-state index contributed by atoms with van der Waals surface area (Å²) >= 11 is 0. The minimum Gasteiger partial charge on any atom is -0.381 e. The van der Waals surface area contributed by atoms with Crippen LogP contribution in [0.5, 0.6) is 0 Å². The Bertz CT molecular complexity index is 349. The van der Waals surface area contributed by atoms with Crippen LogP contribution in [0.15, 0.2) is 0 Å². The Morgan fingerprint density at radius 1 is 0.750 bits per heavy atom. The molecule has 0 aromatic rings. The van der Waals surface area contributed by atoms with Crippen molar-refractivity contribution in [2.75, 3.05) is 14.2 Å². The molecule has 1 atom stereocenters. The summed E-state index contributed by atoms with van der Waals surface area (Å²) in [4.78, 5) is 2.76. The minimum atomic E-state index is 0.532. The van der Waals surface area contributed by atoms with E-state index in [0.29, 0.717) is 6.10 Å². The molecule has 0 N–H and O–H groups in total. The molecule has 3 aliphatic carbocycles. The lowest BCUT2D eigenvalue weighted by atomic mass is 9.72. The second-order valence-corrected chi connectivity index (χ2v) is 9.15. The molecule has 0 heterocycles. The quantitative estimate of drug-likeness (QED) is 0.643. The van der Waals surface area contributed by atoms with Gasteiger partial charge in [-0.1, -0.05) is 32.1 Å². The molecule has 1 unspecified atom stereocenters. The third-order valence-electron chi connectivity index (χ3n) is 8.01. The predicted molar refractivity (Wildman–Crippen MR) is 102 cm³/mol. The van der Waals surface area contributed by atoms with Gasteiger partial charge in [-0.15, -0.1) is 0 Å². The maximum Gasteiger partial charge on any atom is 0.0571 e. The number of hydrogen-bond acceptors (Lipinski definition) is 2. The van der Waals surface area contributed by atoms with Gasteiger partial charge in [0.05, 0.1) is 6.10 Å². The second kappa shape index (κ2) is 9.03. The molecule has 0 amide bonds. The lowest BCUT2D eigenvalue weighted by Crippen LogP contribution is -2.45. The summed E-state index contributed by atoms with van der Waals surface area (Å²) in [6.07, 6.45) is 19.3. The first-order chi connectivity index (χ1) is 11.7. The Labute approximate surface area is 150 Å². The van der Waals surface area contributed by atoms with Crippen molar-refractivity contribution in [1.82, 2.24) is 4.90 Å². The van der Waals surface area contributed by atoms with Gasteiger partial charge in [-0.25, -0.2) is 0 Å². The molecule has 3 saturated carbocycles. The van der Waals surface area contributed by atoms with E-state index in [4.69, 9.17) is 4.74 Å². The Morgan fingerprint density at radius 3 is 1.92 bits per heavy atom. The number of ether oxygens (including phenoxy) is 1. The summed E-state index contributed by atoms with van der Waals surface area (Å²) in [5.74, 6) is 3.02. The Morgan fingerprint density at radius 2 is 1.33 bits per heavy atom. The Hall–Kier alpha value is -0.0800. The molecule has 0 aliphatic heterocycles. The molecular weight excluding hydrogens is 294 g/mol. The molecule has 0 aromatic heterocycles. The zero-order valence-electron chi connectivity index (χ0n) is 16.5. The third kappa shape index (κ3) is 4.55. The van der Waals surface area contributed by atoms with Gasteiger partial charge in [-0.05, 0) is 83.1 Å². The van der Waals surface area contributed by atoms with E-state index in [1.807, 2.05) is 7.11 Å². The van der Waals surface area contributed by atoms with E-state index < -0.39 is 0 Å². The van der Waals surface area contributed by atoms with E-state index in [2.05, 4.69) is 18.9 Å². The highest BCUT2D eigenvalue weighted by molar-refractivity contribution is 4.87. The van der Waals surface area contributed by atoms with Gasteiger partial charge in [-0.3, -0.25) is 0 Å². The largest absolute Gasteiger partial charge is 0.381 e. The van der Waals surface area contributed by atoms with Crippen molar-refractivity contribution in [3.63, 3.8) is 0 Å². The van der Waals surface area contributed by atoms with Gasteiger partial charge in [0.2, 0.25) is 0 Å². The van der Waals surface area contributed by atoms with Crippen LogP contribution in [-0.2, 0) is 4.74 Å². The van der Waals surface area contributed by atoms with Crippen LogP contribution in [0.2, 0.25) is 0 Å². The van der Waals surface area contributed by atoms with Gasteiger partial charge in [0.1, 0.15) is 0 Å². The van der Waals surface area contributed by atoms with Crippen LogP contribution in [0.25, 0.3) is 0 Å². The fourth-order valence-electron chi connectivity index (χ4n) is 6.06. The molecule has 2 nitrogen and oxygen atoms in total. The summed E-state index contributed by atoms with van der Waals surface area (Å²) in [6, 6.07) is 1.60. The van der Waals surface area contributed by atoms with Crippen LogP contribution in [0.4, 0.5) is 0 Å². The highest BCUT2D eigenvalue weighted by atomic mass is 16.5. The average molecular weight is 336 g/mol. The Balaban J connectivity index is 1.43. The third-order valence-corrected chi connectivity index (χ3v) is 8.01. The highest BCUT2D eigenvalue weighted by Gasteiger charge is 2.34. The van der Waals surface area contributed by atoms with Gasteiger partial charge < -0.3 is 9.64 Å². The highest BCUT2D eigenvalue weighted by Crippen LogP contribution is 2.40. The summed E-state index contributed by atoms with van der Waals surface area (Å²) in [6.45, 7) is 2.49. The first-order valence-corrected chi connectivity index (χ1v) is 10.9. The fraction of sp³-hybridized carbons (Fsp3) is 1.00. The van der Waals surface area contributed by atoms with E-state index in [0.717, 1.165) is 29.8 Å². The fourth-order valence-corrected chi connectivity index (χ4v) is 6.06. The topological polar surface area (TPSA) is 12.5 Å². The molecule has 24 heavy (non-hydrogen) atoms. The normalized spacial score (nSPS) is 37.5. The Kier molecular flexibility index (Phi) is 7.04. The lowest BCUT2D eigenvalue weighted by Gasteiger charge is -2.44. The van der Waals surface area contributed by atoms with Crippen LogP contribution >= 0.6 is 0 Å². The van der Waals surface area contributed by atoms with Gasteiger partial charge in [0, 0.05) is 19.2 Å².